The molecule has 1 saturated carbocycles. The van der Waals surface area contributed by atoms with Gasteiger partial charge in [0, 0.05) is 5.92 Å². The summed E-state index contributed by atoms with van der Waals surface area (Å²) in [6.07, 6.45) is 0.849. The van der Waals surface area contributed by atoms with Gasteiger partial charge in [0.25, 0.3) is 0 Å². The number of rotatable bonds is 5. The predicted molar refractivity (Wildman–Crippen MR) is 94.5 cm³/mol. The zero-order chi connectivity index (χ0) is 17.2. The molecule has 0 unspecified atom stereocenters. The monoisotopic (exact) mass is 339 g/mol. The fourth-order valence-electron chi connectivity index (χ4n) is 3.22. The molecule has 5 heteroatoms. The zero-order valence-corrected chi connectivity index (χ0v) is 14.2. The second-order valence-corrected chi connectivity index (χ2v) is 6.27. The Morgan fingerprint density at radius 2 is 1.96 bits per heavy atom. The van der Waals surface area contributed by atoms with E-state index in [1.807, 2.05) is 49.4 Å². The minimum absolute atomic E-state index is 0.0164. The number of carbonyl (C=O) groups excluding carboxylic acids is 1. The molecule has 0 bridgehead atoms. The highest BCUT2D eigenvalue weighted by molar-refractivity contribution is 5.96. The molecule has 2 aliphatic rings. The first-order valence-electron chi connectivity index (χ1n) is 8.68. The summed E-state index contributed by atoms with van der Waals surface area (Å²) in [6.45, 7) is 3.65. The maximum atomic E-state index is 12.6. The first-order valence-corrected chi connectivity index (χ1v) is 8.68. The third-order valence-electron chi connectivity index (χ3n) is 4.57. The van der Waals surface area contributed by atoms with Gasteiger partial charge >= 0.3 is 0 Å². The van der Waals surface area contributed by atoms with Gasteiger partial charge in [-0.2, -0.15) is 0 Å². The van der Waals surface area contributed by atoms with Crippen molar-refractivity contribution in [2.24, 2.45) is 5.92 Å². The van der Waals surface area contributed by atoms with Crippen LogP contribution in [0.15, 0.2) is 42.5 Å². The highest BCUT2D eigenvalue weighted by atomic mass is 16.6. The molecule has 2 aromatic rings. The van der Waals surface area contributed by atoms with Gasteiger partial charge in [-0.15, -0.1) is 0 Å². The average Bonchev–Trinajstić information content (AvgIpc) is 3.44. The molecule has 25 heavy (non-hydrogen) atoms. The quantitative estimate of drug-likeness (QED) is 0.904. The number of ether oxygens (including phenoxy) is 3. The van der Waals surface area contributed by atoms with Gasteiger partial charge in [-0.25, -0.2) is 0 Å². The summed E-state index contributed by atoms with van der Waals surface area (Å²) in [5, 5.41) is 3.00. The van der Waals surface area contributed by atoms with E-state index in [9.17, 15) is 4.79 Å². The van der Waals surface area contributed by atoms with Crippen molar-refractivity contribution in [1.29, 1.82) is 0 Å². The van der Waals surface area contributed by atoms with Crippen LogP contribution in [-0.4, -0.2) is 25.7 Å². The van der Waals surface area contributed by atoms with Crippen LogP contribution in [0.3, 0.4) is 0 Å². The fourth-order valence-corrected chi connectivity index (χ4v) is 3.22. The Kier molecular flexibility index (Phi) is 4.22. The van der Waals surface area contributed by atoms with E-state index in [1.165, 1.54) is 0 Å². The van der Waals surface area contributed by atoms with Crippen molar-refractivity contribution in [3.05, 3.63) is 48.0 Å². The third kappa shape index (κ3) is 3.27. The van der Waals surface area contributed by atoms with E-state index >= 15 is 0 Å². The van der Waals surface area contributed by atoms with Crippen LogP contribution in [0.4, 0.5) is 5.69 Å². The van der Waals surface area contributed by atoms with Crippen LogP contribution in [0.5, 0.6) is 17.2 Å². The number of anilines is 1. The Labute approximate surface area is 146 Å². The summed E-state index contributed by atoms with van der Waals surface area (Å²) in [5.74, 6) is 2.51. The molecule has 1 heterocycles. The van der Waals surface area contributed by atoms with Crippen molar-refractivity contribution in [2.75, 3.05) is 25.1 Å². The highest BCUT2D eigenvalue weighted by Gasteiger charge is 2.44. The summed E-state index contributed by atoms with van der Waals surface area (Å²) in [6, 6.07) is 13.5. The Hall–Kier alpha value is -2.69. The molecule has 2 atom stereocenters. The van der Waals surface area contributed by atoms with Crippen LogP contribution >= 0.6 is 0 Å². The van der Waals surface area contributed by atoms with Crippen LogP contribution in [0.1, 0.15) is 24.8 Å². The lowest BCUT2D eigenvalue weighted by molar-refractivity contribution is -0.117. The third-order valence-corrected chi connectivity index (χ3v) is 4.57. The van der Waals surface area contributed by atoms with Gasteiger partial charge < -0.3 is 19.5 Å². The van der Waals surface area contributed by atoms with Crippen molar-refractivity contribution in [2.45, 2.75) is 19.3 Å². The van der Waals surface area contributed by atoms with E-state index in [0.29, 0.717) is 25.6 Å². The molecule has 130 valence electrons. The Morgan fingerprint density at radius 1 is 1.16 bits per heavy atom. The van der Waals surface area contributed by atoms with Crippen molar-refractivity contribution in [1.82, 2.24) is 0 Å². The number of fused-ring (bicyclic) bond motifs is 1. The molecule has 0 spiro atoms. The zero-order valence-electron chi connectivity index (χ0n) is 14.2. The Balaban J connectivity index is 1.44. The summed E-state index contributed by atoms with van der Waals surface area (Å²) < 4.78 is 16.8. The molecule has 0 saturated heterocycles. The van der Waals surface area contributed by atoms with E-state index in [4.69, 9.17) is 14.2 Å². The first-order chi connectivity index (χ1) is 12.3. The largest absolute Gasteiger partial charge is 0.492 e. The number of amides is 1. The van der Waals surface area contributed by atoms with Gasteiger partial charge in [0.15, 0.2) is 11.5 Å². The lowest BCUT2D eigenvalue weighted by Gasteiger charge is -2.18. The Morgan fingerprint density at radius 3 is 2.80 bits per heavy atom. The molecule has 4 rings (SSSR count). The minimum Gasteiger partial charge on any atom is -0.492 e. The molecule has 0 aromatic heterocycles. The average molecular weight is 339 g/mol. The van der Waals surface area contributed by atoms with Crippen LogP contribution in [0.25, 0.3) is 0 Å². The highest BCUT2D eigenvalue weighted by Crippen LogP contribution is 2.50. The molecule has 1 aliphatic heterocycles. The van der Waals surface area contributed by atoms with Crippen molar-refractivity contribution >= 4 is 11.6 Å². The molecular formula is C20H21NO4. The van der Waals surface area contributed by atoms with Crippen molar-refractivity contribution < 1.29 is 19.0 Å². The maximum absolute atomic E-state index is 12.6. The van der Waals surface area contributed by atoms with E-state index in [1.54, 1.807) is 0 Å². The smallest absolute Gasteiger partial charge is 0.228 e. The maximum Gasteiger partial charge on any atom is 0.228 e. The summed E-state index contributed by atoms with van der Waals surface area (Å²) >= 11 is 0. The lowest BCUT2D eigenvalue weighted by Crippen LogP contribution is -2.16. The summed E-state index contributed by atoms with van der Waals surface area (Å²) in [5.41, 5.74) is 1.85. The number of para-hydroxylation sites is 2. The number of carbonyl (C=O) groups is 1. The normalized spacial score (nSPS) is 20.7. The Bertz CT molecular complexity index is 789. The fraction of sp³-hybridized carbons (Fsp3) is 0.350. The lowest BCUT2D eigenvalue weighted by atomic mass is 10.1. The predicted octanol–water partition coefficient (Wildman–Crippen LogP) is 3.60. The standard InChI is InChI=1S/C20H21NO4/c1-2-23-17-6-4-3-5-16(17)21-20(22)15-12-14(15)13-7-8-18-19(11-13)25-10-9-24-18/h3-8,11,14-15H,2,9-10,12H2,1H3,(H,21,22)/t14-,15+/m0/s1. The molecule has 5 nitrogen and oxygen atoms in total. The minimum atomic E-state index is -0.0164. The van der Waals surface area contributed by atoms with E-state index in [0.717, 1.165) is 29.2 Å². The summed E-state index contributed by atoms with van der Waals surface area (Å²) in [4.78, 5) is 12.6. The molecule has 1 fully saturated rings. The SMILES string of the molecule is CCOc1ccccc1NC(=O)[C@@H]1C[C@H]1c1ccc2c(c1)OCCO2. The van der Waals surface area contributed by atoms with Gasteiger partial charge in [-0.3, -0.25) is 4.79 Å². The second-order valence-electron chi connectivity index (χ2n) is 6.27. The van der Waals surface area contributed by atoms with Crippen LogP contribution in [-0.2, 0) is 4.79 Å². The summed E-state index contributed by atoms with van der Waals surface area (Å²) in [7, 11) is 0. The van der Waals surface area contributed by atoms with Crippen LogP contribution in [0, 0.1) is 5.92 Å². The van der Waals surface area contributed by atoms with Crippen molar-refractivity contribution in [3.63, 3.8) is 0 Å². The molecule has 1 N–H and O–H groups in total. The van der Waals surface area contributed by atoms with E-state index in [-0.39, 0.29) is 17.7 Å². The first kappa shape index (κ1) is 15.8. The number of nitrogens with one attached hydrogen (secondary N) is 1. The second kappa shape index (κ2) is 6.67. The van der Waals surface area contributed by atoms with Gasteiger partial charge in [0.2, 0.25) is 5.91 Å². The van der Waals surface area contributed by atoms with Gasteiger partial charge in [-0.05, 0) is 49.1 Å². The topological polar surface area (TPSA) is 56.8 Å². The van der Waals surface area contributed by atoms with E-state index < -0.39 is 0 Å². The number of benzene rings is 2. The molecule has 1 aliphatic carbocycles. The van der Waals surface area contributed by atoms with Gasteiger partial charge in [-0.1, -0.05) is 18.2 Å². The molecule has 0 radical (unpaired) electrons. The van der Waals surface area contributed by atoms with Crippen LogP contribution in [0.2, 0.25) is 0 Å². The number of hydrogen-bond acceptors (Lipinski definition) is 4. The van der Waals surface area contributed by atoms with Crippen LogP contribution < -0.4 is 19.5 Å². The molecule has 2 aromatic carbocycles. The van der Waals surface area contributed by atoms with E-state index in [2.05, 4.69) is 5.32 Å². The van der Waals surface area contributed by atoms with Gasteiger partial charge in [0.05, 0.1) is 12.3 Å². The molecular weight excluding hydrogens is 318 g/mol. The molecule has 1 amide bonds. The van der Waals surface area contributed by atoms with Crippen molar-refractivity contribution in [3.8, 4) is 17.2 Å². The number of hydrogen-bond donors (Lipinski definition) is 1. The van der Waals surface area contributed by atoms with Gasteiger partial charge in [0.1, 0.15) is 19.0 Å².